The van der Waals surface area contributed by atoms with Gasteiger partial charge in [-0.05, 0) is 31.5 Å². The number of piperidine rings is 1. The number of hydrogen-bond donors (Lipinski definition) is 1. The molecule has 2 aromatic carbocycles. The van der Waals surface area contributed by atoms with Crippen LogP contribution in [0.4, 0.5) is 5.69 Å². The third kappa shape index (κ3) is 5.77. The Bertz CT molecular complexity index is 1250. The van der Waals surface area contributed by atoms with E-state index in [1.54, 1.807) is 18.2 Å². The van der Waals surface area contributed by atoms with Gasteiger partial charge in [0.1, 0.15) is 0 Å². The normalized spacial score (nSPS) is 15.8. The molecule has 1 aliphatic rings. The van der Waals surface area contributed by atoms with Crippen LogP contribution in [-0.2, 0) is 16.1 Å². The molecule has 10 nitrogen and oxygen atoms in total. The number of amides is 1. The molecule has 0 spiro atoms. The van der Waals surface area contributed by atoms with Gasteiger partial charge in [-0.2, -0.15) is 4.98 Å². The molecule has 11 heteroatoms. The molecule has 0 radical (unpaired) electrons. The maximum atomic E-state index is 13.2. The van der Waals surface area contributed by atoms with E-state index in [1.807, 2.05) is 12.1 Å². The fraction of sp³-hybridized carbons (Fsp3) is 0.360. The lowest BCUT2D eigenvalue weighted by molar-refractivity contribution is -0.121. The molecule has 0 saturated carbocycles. The third-order valence-corrected chi connectivity index (χ3v) is 6.21. The first kappa shape index (κ1) is 25.5. The molecule has 4 rings (SSSR count). The second kappa shape index (κ2) is 11.4. The predicted molar refractivity (Wildman–Crippen MR) is 132 cm³/mol. The van der Waals surface area contributed by atoms with Crippen LogP contribution in [0.2, 0.25) is 5.02 Å². The Morgan fingerprint density at radius 1 is 1.17 bits per heavy atom. The summed E-state index contributed by atoms with van der Waals surface area (Å²) in [6.45, 7) is 1.71. The molecule has 36 heavy (non-hydrogen) atoms. The monoisotopic (exact) mass is 514 g/mol. The average molecular weight is 515 g/mol. The van der Waals surface area contributed by atoms with Gasteiger partial charge in [0.05, 0.1) is 45.0 Å². The molecule has 0 bridgehead atoms. The van der Waals surface area contributed by atoms with Crippen LogP contribution >= 0.6 is 11.6 Å². The Balaban J connectivity index is 1.44. The summed E-state index contributed by atoms with van der Waals surface area (Å²) < 4.78 is 20.9. The highest BCUT2D eigenvalue weighted by atomic mass is 35.5. The number of methoxy groups -OCH3 is 3. The first-order valence-electron chi connectivity index (χ1n) is 11.4. The quantitative estimate of drug-likeness (QED) is 0.444. The lowest BCUT2D eigenvalue weighted by atomic mass is 9.96. The molecular weight excluding hydrogens is 488 g/mol. The van der Waals surface area contributed by atoms with Crippen molar-refractivity contribution in [3.05, 3.63) is 52.9 Å². The van der Waals surface area contributed by atoms with E-state index in [-0.39, 0.29) is 17.4 Å². The minimum atomic E-state index is -0.594. The maximum absolute atomic E-state index is 13.2. The standard InChI is InChI=1S/C25H27ClN4O6/c1-33-20-11-18(25(32)35-3)19(12-21(20)34-2)27-24(31)16-7-5-9-30(13-16)14-22-28-23(29-36-22)15-6-4-8-17(26)10-15/h4,6,8,10-12,16H,5,7,9,13-14H2,1-3H3,(H,27,31). The van der Waals surface area contributed by atoms with Crippen LogP contribution < -0.4 is 14.8 Å². The number of carbonyl (C=O) groups excluding carboxylic acids is 2. The van der Waals surface area contributed by atoms with Crippen LogP contribution in [0.1, 0.15) is 29.1 Å². The highest BCUT2D eigenvalue weighted by molar-refractivity contribution is 6.30. The fourth-order valence-electron chi connectivity index (χ4n) is 4.16. The van der Waals surface area contributed by atoms with Crippen LogP contribution in [0.5, 0.6) is 11.5 Å². The molecule has 1 atom stereocenters. The molecule has 1 unspecified atom stereocenters. The molecule has 2 heterocycles. The summed E-state index contributed by atoms with van der Waals surface area (Å²) in [5.41, 5.74) is 1.24. The number of benzene rings is 2. The van der Waals surface area contributed by atoms with Crippen molar-refractivity contribution >= 4 is 29.2 Å². The number of rotatable bonds is 8. The van der Waals surface area contributed by atoms with E-state index in [1.165, 1.54) is 27.4 Å². The maximum Gasteiger partial charge on any atom is 0.340 e. The molecule has 1 amide bonds. The average Bonchev–Trinajstić information content (AvgIpc) is 3.36. The number of aromatic nitrogens is 2. The van der Waals surface area contributed by atoms with Gasteiger partial charge in [-0.3, -0.25) is 9.69 Å². The number of nitrogens with zero attached hydrogens (tertiary/aromatic N) is 3. The number of esters is 1. The fourth-order valence-corrected chi connectivity index (χ4v) is 4.35. The molecule has 0 aliphatic carbocycles. The Morgan fingerprint density at radius 2 is 1.94 bits per heavy atom. The summed E-state index contributed by atoms with van der Waals surface area (Å²) in [6, 6.07) is 10.3. The van der Waals surface area contributed by atoms with Crippen molar-refractivity contribution in [1.82, 2.24) is 15.0 Å². The smallest absolute Gasteiger partial charge is 0.340 e. The number of halogens is 1. The number of anilines is 1. The van der Waals surface area contributed by atoms with Gasteiger partial charge < -0.3 is 24.1 Å². The van der Waals surface area contributed by atoms with Crippen molar-refractivity contribution in [2.24, 2.45) is 5.92 Å². The first-order valence-corrected chi connectivity index (χ1v) is 11.8. The van der Waals surface area contributed by atoms with Gasteiger partial charge in [0.25, 0.3) is 0 Å². The molecule has 1 N–H and O–H groups in total. The van der Waals surface area contributed by atoms with Crippen molar-refractivity contribution in [1.29, 1.82) is 0 Å². The number of ether oxygens (including phenoxy) is 3. The molecular formula is C25H27ClN4O6. The second-order valence-corrected chi connectivity index (χ2v) is 8.77. The second-order valence-electron chi connectivity index (χ2n) is 8.33. The van der Waals surface area contributed by atoms with E-state index >= 15 is 0 Å². The topological polar surface area (TPSA) is 116 Å². The zero-order valence-corrected chi connectivity index (χ0v) is 21.0. The SMILES string of the molecule is COC(=O)c1cc(OC)c(OC)cc1NC(=O)C1CCCN(Cc2nc(-c3cccc(Cl)c3)no2)C1. The van der Waals surface area contributed by atoms with E-state index in [4.69, 9.17) is 30.3 Å². The van der Waals surface area contributed by atoms with Crippen LogP contribution in [0, 0.1) is 5.92 Å². The van der Waals surface area contributed by atoms with Crippen LogP contribution in [0.25, 0.3) is 11.4 Å². The van der Waals surface area contributed by atoms with E-state index in [9.17, 15) is 9.59 Å². The zero-order chi connectivity index (χ0) is 25.7. The zero-order valence-electron chi connectivity index (χ0n) is 20.2. The number of likely N-dealkylation sites (tertiary alicyclic amines) is 1. The lowest BCUT2D eigenvalue weighted by Crippen LogP contribution is -2.40. The van der Waals surface area contributed by atoms with Gasteiger partial charge in [0.2, 0.25) is 17.6 Å². The highest BCUT2D eigenvalue weighted by Crippen LogP contribution is 2.34. The minimum Gasteiger partial charge on any atom is -0.493 e. The summed E-state index contributed by atoms with van der Waals surface area (Å²) in [4.78, 5) is 32.1. The van der Waals surface area contributed by atoms with Gasteiger partial charge in [-0.25, -0.2) is 4.79 Å². The van der Waals surface area contributed by atoms with Gasteiger partial charge in [0.15, 0.2) is 11.5 Å². The van der Waals surface area contributed by atoms with Gasteiger partial charge in [-0.1, -0.05) is 28.9 Å². The molecule has 1 aromatic heterocycles. The van der Waals surface area contributed by atoms with Crippen LogP contribution in [0.15, 0.2) is 40.9 Å². The van der Waals surface area contributed by atoms with E-state index in [0.29, 0.717) is 53.4 Å². The first-order chi connectivity index (χ1) is 17.4. The van der Waals surface area contributed by atoms with Gasteiger partial charge in [0, 0.05) is 29.3 Å². The number of carbonyl (C=O) groups is 2. The van der Waals surface area contributed by atoms with Crippen molar-refractivity contribution in [3.63, 3.8) is 0 Å². The summed E-state index contributed by atoms with van der Waals surface area (Å²) in [7, 11) is 4.23. The Labute approximate surface area is 213 Å². The lowest BCUT2D eigenvalue weighted by Gasteiger charge is -2.31. The molecule has 3 aromatic rings. The predicted octanol–water partition coefficient (Wildman–Crippen LogP) is 4.04. The van der Waals surface area contributed by atoms with Gasteiger partial charge >= 0.3 is 5.97 Å². The molecule has 1 fully saturated rings. The molecule has 190 valence electrons. The summed E-state index contributed by atoms with van der Waals surface area (Å²) in [6.07, 6.45) is 1.53. The highest BCUT2D eigenvalue weighted by Gasteiger charge is 2.28. The van der Waals surface area contributed by atoms with Crippen molar-refractivity contribution in [3.8, 4) is 22.9 Å². The minimum absolute atomic E-state index is 0.176. The summed E-state index contributed by atoms with van der Waals surface area (Å²) >= 11 is 6.06. The molecule has 1 aliphatic heterocycles. The van der Waals surface area contributed by atoms with Gasteiger partial charge in [-0.15, -0.1) is 0 Å². The Morgan fingerprint density at radius 3 is 2.67 bits per heavy atom. The number of hydrogen-bond acceptors (Lipinski definition) is 9. The van der Waals surface area contributed by atoms with E-state index in [0.717, 1.165) is 18.5 Å². The van der Waals surface area contributed by atoms with Crippen molar-refractivity contribution < 1.29 is 28.3 Å². The number of nitrogens with one attached hydrogen (secondary N) is 1. The Hall–Kier alpha value is -3.63. The summed E-state index contributed by atoms with van der Waals surface area (Å²) in [5, 5.41) is 7.51. The third-order valence-electron chi connectivity index (χ3n) is 5.97. The summed E-state index contributed by atoms with van der Waals surface area (Å²) in [5.74, 6) is 0.564. The van der Waals surface area contributed by atoms with E-state index < -0.39 is 5.97 Å². The van der Waals surface area contributed by atoms with Crippen LogP contribution in [0.3, 0.4) is 0 Å². The Kier molecular flexibility index (Phi) is 8.07. The largest absolute Gasteiger partial charge is 0.493 e. The van der Waals surface area contributed by atoms with Crippen LogP contribution in [-0.4, -0.2) is 61.3 Å². The van der Waals surface area contributed by atoms with Crippen molar-refractivity contribution in [2.75, 3.05) is 39.7 Å². The molecule has 1 saturated heterocycles. The van der Waals surface area contributed by atoms with E-state index in [2.05, 4.69) is 20.4 Å². The van der Waals surface area contributed by atoms with Crippen molar-refractivity contribution in [2.45, 2.75) is 19.4 Å².